The van der Waals surface area contributed by atoms with Crippen LogP contribution in [0.15, 0.2) is 63.9 Å². The Balaban J connectivity index is 1.54. The second-order valence-electron chi connectivity index (χ2n) is 6.78. The van der Waals surface area contributed by atoms with Crippen LogP contribution in [0.25, 0.3) is 17.4 Å². The SMILES string of the molecule is COC(=O)c1cc(-c2ccc(/C=C3\SC(=O)N(Cc4ccc(F)cc4)C3=O)o2)ccc1Cl. The quantitative estimate of drug-likeness (QED) is 0.347. The molecular weight excluding hydrogens is 457 g/mol. The lowest BCUT2D eigenvalue weighted by Gasteiger charge is -2.12. The Morgan fingerprint density at radius 2 is 1.91 bits per heavy atom. The number of nitrogens with zero attached hydrogens (tertiary/aromatic N) is 1. The summed E-state index contributed by atoms with van der Waals surface area (Å²) in [5.41, 5.74) is 1.43. The number of carbonyl (C=O) groups is 3. The van der Waals surface area contributed by atoms with E-state index in [1.165, 1.54) is 37.5 Å². The van der Waals surface area contributed by atoms with E-state index in [9.17, 15) is 18.8 Å². The molecular formula is C23H15ClFNO5S. The molecule has 0 saturated carbocycles. The Morgan fingerprint density at radius 3 is 2.62 bits per heavy atom. The highest BCUT2D eigenvalue weighted by Crippen LogP contribution is 2.34. The minimum absolute atomic E-state index is 0.0484. The van der Waals surface area contributed by atoms with Crippen molar-refractivity contribution in [2.45, 2.75) is 6.54 Å². The van der Waals surface area contributed by atoms with Gasteiger partial charge in [-0.2, -0.15) is 0 Å². The van der Waals surface area contributed by atoms with Crippen LogP contribution in [0.5, 0.6) is 0 Å². The first kappa shape index (κ1) is 21.9. The molecule has 0 radical (unpaired) electrons. The summed E-state index contributed by atoms with van der Waals surface area (Å²) in [5.74, 6) is -0.610. The summed E-state index contributed by atoms with van der Waals surface area (Å²) in [6, 6.07) is 13.7. The zero-order chi connectivity index (χ0) is 22.8. The molecule has 0 atom stereocenters. The number of hydrogen-bond donors (Lipinski definition) is 0. The monoisotopic (exact) mass is 471 g/mol. The molecule has 1 aromatic heterocycles. The molecule has 4 rings (SSSR count). The van der Waals surface area contributed by atoms with Gasteiger partial charge in [-0.25, -0.2) is 9.18 Å². The molecule has 2 heterocycles. The standard InChI is InChI=1S/C23H15ClFNO5S/c1-30-22(28)17-10-14(4-8-18(17)24)19-9-7-16(31-19)11-20-21(27)26(23(29)32-20)12-13-2-5-15(25)6-3-13/h2-11H,12H2,1H3/b20-11-. The number of rotatable bonds is 5. The van der Waals surface area contributed by atoms with Gasteiger partial charge in [0.05, 0.1) is 29.1 Å². The van der Waals surface area contributed by atoms with Crippen LogP contribution in [0, 0.1) is 5.82 Å². The van der Waals surface area contributed by atoms with E-state index in [1.54, 1.807) is 30.3 Å². The van der Waals surface area contributed by atoms with Gasteiger partial charge in [-0.15, -0.1) is 0 Å². The molecule has 1 fully saturated rings. The number of carbonyl (C=O) groups excluding carboxylic acids is 3. The maximum atomic E-state index is 13.1. The first-order valence-corrected chi connectivity index (χ1v) is 10.5. The lowest BCUT2D eigenvalue weighted by Crippen LogP contribution is -2.27. The van der Waals surface area contributed by atoms with Crippen molar-refractivity contribution in [2.75, 3.05) is 7.11 Å². The van der Waals surface area contributed by atoms with Crippen molar-refractivity contribution in [3.63, 3.8) is 0 Å². The number of furan rings is 1. The summed E-state index contributed by atoms with van der Waals surface area (Å²) < 4.78 is 23.6. The summed E-state index contributed by atoms with van der Waals surface area (Å²) in [6.45, 7) is 0.0484. The van der Waals surface area contributed by atoms with E-state index in [1.807, 2.05) is 0 Å². The molecule has 6 nitrogen and oxygen atoms in total. The van der Waals surface area contributed by atoms with Crippen LogP contribution in [0.1, 0.15) is 21.7 Å². The number of imide groups is 1. The highest BCUT2D eigenvalue weighted by atomic mass is 35.5. The first-order valence-electron chi connectivity index (χ1n) is 9.33. The average Bonchev–Trinajstić information content (AvgIpc) is 3.35. The smallest absolute Gasteiger partial charge is 0.339 e. The molecule has 162 valence electrons. The topological polar surface area (TPSA) is 76.8 Å². The number of amides is 2. The maximum absolute atomic E-state index is 13.1. The molecule has 0 spiro atoms. The molecule has 32 heavy (non-hydrogen) atoms. The molecule has 1 aliphatic rings. The van der Waals surface area contributed by atoms with Crippen molar-refractivity contribution in [1.29, 1.82) is 0 Å². The van der Waals surface area contributed by atoms with Gasteiger partial charge < -0.3 is 9.15 Å². The van der Waals surface area contributed by atoms with Crippen molar-refractivity contribution in [3.8, 4) is 11.3 Å². The van der Waals surface area contributed by atoms with Crippen molar-refractivity contribution < 1.29 is 27.9 Å². The summed E-state index contributed by atoms with van der Waals surface area (Å²) in [6.07, 6.45) is 1.48. The Bertz CT molecular complexity index is 1250. The third-order valence-electron chi connectivity index (χ3n) is 4.68. The molecule has 9 heteroatoms. The van der Waals surface area contributed by atoms with E-state index < -0.39 is 22.9 Å². The lowest BCUT2D eigenvalue weighted by atomic mass is 10.1. The molecule has 2 aromatic carbocycles. The van der Waals surface area contributed by atoms with Crippen LogP contribution in [0.2, 0.25) is 5.02 Å². The number of esters is 1. The molecule has 0 N–H and O–H groups in total. The first-order chi connectivity index (χ1) is 15.4. The lowest BCUT2D eigenvalue weighted by molar-refractivity contribution is -0.123. The largest absolute Gasteiger partial charge is 0.465 e. The van der Waals surface area contributed by atoms with Crippen molar-refractivity contribution in [2.24, 2.45) is 0 Å². The average molecular weight is 472 g/mol. The van der Waals surface area contributed by atoms with E-state index in [-0.39, 0.29) is 22.0 Å². The fourth-order valence-corrected chi connectivity index (χ4v) is 4.08. The summed E-state index contributed by atoms with van der Waals surface area (Å²) in [7, 11) is 1.26. The van der Waals surface area contributed by atoms with Gasteiger partial charge in [0, 0.05) is 11.6 Å². The third kappa shape index (κ3) is 4.46. The molecule has 1 saturated heterocycles. The zero-order valence-corrected chi connectivity index (χ0v) is 18.2. The van der Waals surface area contributed by atoms with Gasteiger partial charge in [0.25, 0.3) is 11.1 Å². The second kappa shape index (κ2) is 9.02. The zero-order valence-electron chi connectivity index (χ0n) is 16.6. The third-order valence-corrected chi connectivity index (χ3v) is 5.92. The van der Waals surface area contributed by atoms with Gasteiger partial charge in [-0.3, -0.25) is 14.5 Å². The van der Waals surface area contributed by atoms with Crippen LogP contribution in [0.4, 0.5) is 9.18 Å². The molecule has 3 aromatic rings. The van der Waals surface area contributed by atoms with Crippen LogP contribution in [0.3, 0.4) is 0 Å². The summed E-state index contributed by atoms with van der Waals surface area (Å²) in [4.78, 5) is 38.2. The minimum atomic E-state index is -0.571. The molecule has 1 aliphatic heterocycles. The van der Waals surface area contributed by atoms with Gasteiger partial charge in [-0.1, -0.05) is 23.7 Å². The second-order valence-corrected chi connectivity index (χ2v) is 8.18. The van der Waals surface area contributed by atoms with Gasteiger partial charge in [0.2, 0.25) is 0 Å². The predicted octanol–water partition coefficient (Wildman–Crippen LogP) is 5.76. The summed E-state index contributed by atoms with van der Waals surface area (Å²) >= 11 is 6.85. The number of benzene rings is 2. The number of hydrogen-bond acceptors (Lipinski definition) is 6. The number of halogens is 2. The number of thioether (sulfide) groups is 1. The Kier molecular flexibility index (Phi) is 6.16. The summed E-state index contributed by atoms with van der Waals surface area (Å²) in [5, 5.41) is -0.167. The van der Waals surface area contributed by atoms with Crippen LogP contribution in [-0.4, -0.2) is 29.1 Å². The van der Waals surface area contributed by atoms with E-state index in [0.717, 1.165) is 16.7 Å². The van der Waals surface area contributed by atoms with Gasteiger partial charge in [-0.05, 0) is 59.8 Å². The van der Waals surface area contributed by atoms with Crippen molar-refractivity contribution in [3.05, 3.63) is 87.2 Å². The minimum Gasteiger partial charge on any atom is -0.465 e. The van der Waals surface area contributed by atoms with Crippen molar-refractivity contribution in [1.82, 2.24) is 4.90 Å². The highest BCUT2D eigenvalue weighted by Gasteiger charge is 2.35. The highest BCUT2D eigenvalue weighted by molar-refractivity contribution is 8.18. The Labute approximate surface area is 191 Å². The molecule has 0 bridgehead atoms. The van der Waals surface area contributed by atoms with Crippen LogP contribution >= 0.6 is 23.4 Å². The van der Waals surface area contributed by atoms with Gasteiger partial charge >= 0.3 is 5.97 Å². The number of ether oxygens (including phenoxy) is 1. The molecule has 0 unspecified atom stereocenters. The van der Waals surface area contributed by atoms with Crippen molar-refractivity contribution >= 4 is 46.6 Å². The van der Waals surface area contributed by atoms with Crippen LogP contribution in [-0.2, 0) is 16.1 Å². The van der Waals surface area contributed by atoms with E-state index in [0.29, 0.717) is 22.6 Å². The predicted molar refractivity (Wildman–Crippen MR) is 118 cm³/mol. The van der Waals surface area contributed by atoms with Crippen LogP contribution < -0.4 is 0 Å². The Hall–Kier alpha value is -3.36. The van der Waals surface area contributed by atoms with E-state index >= 15 is 0 Å². The normalized spacial score (nSPS) is 15.0. The van der Waals surface area contributed by atoms with E-state index in [4.69, 9.17) is 20.8 Å². The van der Waals surface area contributed by atoms with Gasteiger partial charge in [0.15, 0.2) is 0 Å². The maximum Gasteiger partial charge on any atom is 0.339 e. The Morgan fingerprint density at radius 1 is 1.16 bits per heavy atom. The fraction of sp³-hybridized carbons (Fsp3) is 0.0870. The number of methoxy groups -OCH3 is 1. The molecule has 0 aliphatic carbocycles. The van der Waals surface area contributed by atoms with E-state index in [2.05, 4.69) is 0 Å². The van der Waals surface area contributed by atoms with Gasteiger partial charge in [0.1, 0.15) is 17.3 Å². The molecule has 2 amide bonds. The fourth-order valence-electron chi connectivity index (χ4n) is 3.07.